The molecule has 2 fully saturated rings. The normalized spacial score (nSPS) is 23.1. The van der Waals surface area contributed by atoms with E-state index in [4.69, 9.17) is 0 Å². The largest absolute Gasteiger partial charge is 0.367 e. The molecule has 0 aromatic heterocycles. The Kier molecular flexibility index (Phi) is 3.44. The van der Waals surface area contributed by atoms with Crippen LogP contribution < -0.4 is 10.2 Å². The summed E-state index contributed by atoms with van der Waals surface area (Å²) in [7, 11) is 0. The van der Waals surface area contributed by atoms with Gasteiger partial charge >= 0.3 is 0 Å². The summed E-state index contributed by atoms with van der Waals surface area (Å²) in [6, 6.07) is 3.48. The summed E-state index contributed by atoms with van der Waals surface area (Å²) in [5.41, 5.74) is 0.845. The van der Waals surface area contributed by atoms with E-state index in [2.05, 4.69) is 12.2 Å². The fraction of sp³-hybridized carbons (Fsp3) is 0.600. The molecule has 1 aliphatic heterocycles. The number of benzene rings is 1. The van der Waals surface area contributed by atoms with Gasteiger partial charge in [-0.3, -0.25) is 0 Å². The van der Waals surface area contributed by atoms with Crippen molar-refractivity contribution >= 4 is 5.69 Å². The molecule has 19 heavy (non-hydrogen) atoms. The monoisotopic (exact) mass is 266 g/mol. The molecule has 0 spiro atoms. The molecule has 1 atom stereocenters. The van der Waals surface area contributed by atoms with Crippen LogP contribution in [-0.4, -0.2) is 19.1 Å². The molecule has 0 bridgehead atoms. The van der Waals surface area contributed by atoms with Crippen molar-refractivity contribution in [2.24, 2.45) is 5.92 Å². The van der Waals surface area contributed by atoms with Crippen molar-refractivity contribution in [2.45, 2.75) is 38.8 Å². The lowest BCUT2D eigenvalue weighted by molar-refractivity contribution is 0.568. The minimum absolute atomic E-state index is 0.152. The van der Waals surface area contributed by atoms with E-state index in [9.17, 15) is 8.78 Å². The van der Waals surface area contributed by atoms with Crippen molar-refractivity contribution in [3.63, 3.8) is 0 Å². The lowest BCUT2D eigenvalue weighted by atomic mass is 10.1. The number of hydrogen-bond donors (Lipinski definition) is 1. The van der Waals surface area contributed by atoms with Crippen LogP contribution in [0.25, 0.3) is 0 Å². The van der Waals surface area contributed by atoms with E-state index in [0.29, 0.717) is 24.1 Å². The van der Waals surface area contributed by atoms with Crippen LogP contribution in [0.2, 0.25) is 0 Å². The maximum Gasteiger partial charge on any atom is 0.149 e. The van der Waals surface area contributed by atoms with E-state index in [1.54, 1.807) is 0 Å². The van der Waals surface area contributed by atoms with Crippen molar-refractivity contribution in [2.75, 3.05) is 18.0 Å². The fourth-order valence-corrected chi connectivity index (χ4v) is 2.71. The van der Waals surface area contributed by atoms with E-state index >= 15 is 0 Å². The number of nitrogens with zero attached hydrogens (tertiary/aromatic N) is 1. The van der Waals surface area contributed by atoms with Gasteiger partial charge in [-0.2, -0.15) is 0 Å². The lowest BCUT2D eigenvalue weighted by Crippen LogP contribution is -2.22. The third kappa shape index (κ3) is 2.89. The summed E-state index contributed by atoms with van der Waals surface area (Å²) in [6.07, 6.45) is 3.35. The Morgan fingerprint density at radius 1 is 1.21 bits per heavy atom. The van der Waals surface area contributed by atoms with E-state index < -0.39 is 11.6 Å². The minimum atomic E-state index is -0.429. The zero-order valence-electron chi connectivity index (χ0n) is 11.3. The highest BCUT2D eigenvalue weighted by atomic mass is 19.1. The summed E-state index contributed by atoms with van der Waals surface area (Å²) in [6.45, 7) is 4.15. The van der Waals surface area contributed by atoms with E-state index in [-0.39, 0.29) is 5.69 Å². The quantitative estimate of drug-likeness (QED) is 0.901. The predicted molar refractivity (Wildman–Crippen MR) is 72.2 cm³/mol. The van der Waals surface area contributed by atoms with Gasteiger partial charge in [0.15, 0.2) is 0 Å². The zero-order chi connectivity index (χ0) is 13.4. The van der Waals surface area contributed by atoms with Gasteiger partial charge in [0, 0.05) is 25.7 Å². The minimum Gasteiger partial charge on any atom is -0.367 e. The van der Waals surface area contributed by atoms with E-state index in [0.717, 1.165) is 19.5 Å². The second-order valence-electron chi connectivity index (χ2n) is 5.90. The molecule has 4 heteroatoms. The maximum absolute atomic E-state index is 14.1. The maximum atomic E-state index is 14.1. The number of nitrogens with one attached hydrogen (secondary N) is 1. The molecular formula is C15H20F2N2. The van der Waals surface area contributed by atoms with Gasteiger partial charge in [-0.15, -0.1) is 0 Å². The van der Waals surface area contributed by atoms with Crippen LogP contribution >= 0.6 is 0 Å². The Morgan fingerprint density at radius 3 is 2.42 bits per heavy atom. The summed E-state index contributed by atoms with van der Waals surface area (Å²) >= 11 is 0. The molecule has 2 nitrogen and oxygen atoms in total. The van der Waals surface area contributed by atoms with Gasteiger partial charge in [-0.05, 0) is 42.9 Å². The van der Waals surface area contributed by atoms with Crippen LogP contribution in [0.15, 0.2) is 12.1 Å². The summed E-state index contributed by atoms with van der Waals surface area (Å²) in [5.74, 6) is -0.349. The first kappa shape index (κ1) is 12.9. The van der Waals surface area contributed by atoms with Crippen LogP contribution in [0, 0.1) is 17.6 Å². The van der Waals surface area contributed by atoms with Crippen LogP contribution in [0.4, 0.5) is 14.5 Å². The number of rotatable bonds is 4. The number of anilines is 1. The molecule has 1 saturated heterocycles. The highest BCUT2D eigenvalue weighted by molar-refractivity contribution is 5.51. The molecule has 1 N–H and O–H groups in total. The zero-order valence-corrected chi connectivity index (χ0v) is 11.3. The van der Waals surface area contributed by atoms with Crippen molar-refractivity contribution < 1.29 is 8.78 Å². The second kappa shape index (κ2) is 5.08. The summed E-state index contributed by atoms with van der Waals surface area (Å²) in [5, 5.41) is 3.28. The van der Waals surface area contributed by atoms with Crippen molar-refractivity contribution in [1.29, 1.82) is 0 Å². The smallest absolute Gasteiger partial charge is 0.149 e. The van der Waals surface area contributed by atoms with Crippen molar-refractivity contribution in [1.82, 2.24) is 5.32 Å². The highest BCUT2D eigenvalue weighted by Crippen LogP contribution is 2.30. The first-order valence-corrected chi connectivity index (χ1v) is 7.09. The Balaban J connectivity index is 1.76. The van der Waals surface area contributed by atoms with Gasteiger partial charge in [0.2, 0.25) is 0 Å². The standard InChI is InChI=1S/C15H20F2N2/c1-10-4-5-19(9-10)15-13(16)6-11(7-14(15)17)8-18-12-2-3-12/h6-7,10,12,18H,2-5,8-9H2,1H3. The van der Waals surface area contributed by atoms with Crippen LogP contribution in [0.1, 0.15) is 31.7 Å². The molecule has 1 aromatic carbocycles. The molecule has 0 radical (unpaired) electrons. The molecule has 1 aromatic rings. The van der Waals surface area contributed by atoms with Gasteiger partial charge in [-0.1, -0.05) is 6.92 Å². The molecule has 3 rings (SSSR count). The Morgan fingerprint density at radius 2 is 1.89 bits per heavy atom. The first-order valence-electron chi connectivity index (χ1n) is 7.09. The van der Waals surface area contributed by atoms with E-state index in [1.165, 1.54) is 25.0 Å². The highest BCUT2D eigenvalue weighted by Gasteiger charge is 2.25. The molecule has 2 aliphatic rings. The van der Waals surface area contributed by atoms with Crippen molar-refractivity contribution in [3.05, 3.63) is 29.3 Å². The molecule has 0 amide bonds. The Hall–Kier alpha value is -1.16. The van der Waals surface area contributed by atoms with Crippen LogP contribution in [0.3, 0.4) is 0 Å². The van der Waals surface area contributed by atoms with Gasteiger partial charge in [0.25, 0.3) is 0 Å². The Bertz CT molecular complexity index is 448. The average Bonchev–Trinajstić information content (AvgIpc) is 3.09. The van der Waals surface area contributed by atoms with E-state index in [1.807, 2.05) is 4.90 Å². The molecule has 104 valence electrons. The third-order valence-electron chi connectivity index (χ3n) is 3.99. The predicted octanol–water partition coefficient (Wildman–Crippen LogP) is 3.06. The second-order valence-corrected chi connectivity index (χ2v) is 5.90. The fourth-order valence-electron chi connectivity index (χ4n) is 2.71. The average molecular weight is 266 g/mol. The van der Waals surface area contributed by atoms with Crippen LogP contribution in [0.5, 0.6) is 0 Å². The third-order valence-corrected chi connectivity index (χ3v) is 3.99. The van der Waals surface area contributed by atoms with Gasteiger partial charge in [0.1, 0.15) is 17.3 Å². The van der Waals surface area contributed by atoms with Gasteiger partial charge in [-0.25, -0.2) is 8.78 Å². The molecule has 1 heterocycles. The Labute approximate surface area is 112 Å². The van der Waals surface area contributed by atoms with Crippen LogP contribution in [-0.2, 0) is 6.54 Å². The first-order chi connectivity index (χ1) is 9.13. The topological polar surface area (TPSA) is 15.3 Å². The van der Waals surface area contributed by atoms with Crippen molar-refractivity contribution in [3.8, 4) is 0 Å². The molecule has 1 saturated carbocycles. The SMILES string of the molecule is CC1CCN(c2c(F)cc(CNC3CC3)cc2F)C1. The summed E-state index contributed by atoms with van der Waals surface area (Å²) in [4.78, 5) is 1.83. The molecule has 1 aliphatic carbocycles. The number of halogens is 2. The van der Waals surface area contributed by atoms with Gasteiger partial charge in [0.05, 0.1) is 0 Å². The lowest BCUT2D eigenvalue weighted by Gasteiger charge is -2.20. The summed E-state index contributed by atoms with van der Waals surface area (Å²) < 4.78 is 28.2. The number of hydrogen-bond acceptors (Lipinski definition) is 2. The molecule has 1 unspecified atom stereocenters. The molecular weight excluding hydrogens is 246 g/mol. The van der Waals surface area contributed by atoms with Gasteiger partial charge < -0.3 is 10.2 Å².